The Morgan fingerprint density at radius 1 is 1.45 bits per heavy atom. The normalized spacial score (nSPS) is 49.1. The topological polar surface area (TPSA) is 66.8 Å². The Hall–Kier alpha value is -0.610. The minimum Gasteiger partial charge on any atom is -0.459 e. The number of fused-ring (bicyclic) bond motifs is 1. The van der Waals surface area contributed by atoms with E-state index in [1.165, 1.54) is 0 Å². The van der Waals surface area contributed by atoms with Crippen molar-refractivity contribution < 1.29 is 19.7 Å². The zero-order chi connectivity index (χ0) is 8.01. The number of carbonyl (C=O) groups excluding carboxylic acids is 1. The van der Waals surface area contributed by atoms with Crippen LogP contribution in [-0.4, -0.2) is 34.5 Å². The predicted octanol–water partition coefficient (Wildman–Crippen LogP) is -0.956. The van der Waals surface area contributed by atoms with Crippen LogP contribution in [0.5, 0.6) is 0 Å². The third-order valence-electron chi connectivity index (χ3n) is 2.44. The van der Waals surface area contributed by atoms with Crippen LogP contribution in [-0.2, 0) is 9.53 Å². The summed E-state index contributed by atoms with van der Waals surface area (Å²) in [4.78, 5) is 10.7. The van der Waals surface area contributed by atoms with Crippen LogP contribution in [0.25, 0.3) is 0 Å². The molecule has 0 unspecified atom stereocenters. The lowest BCUT2D eigenvalue weighted by Crippen LogP contribution is -2.30. The van der Waals surface area contributed by atoms with Crippen molar-refractivity contribution in [1.29, 1.82) is 0 Å². The van der Waals surface area contributed by atoms with Crippen LogP contribution in [0.15, 0.2) is 0 Å². The first-order valence-corrected chi connectivity index (χ1v) is 3.74. The highest BCUT2D eigenvalue weighted by Crippen LogP contribution is 2.36. The molecule has 2 aliphatic rings. The van der Waals surface area contributed by atoms with Gasteiger partial charge in [0.15, 0.2) is 0 Å². The smallest absolute Gasteiger partial charge is 0.306 e. The Bertz CT molecular complexity index is 191. The van der Waals surface area contributed by atoms with E-state index in [2.05, 4.69) is 0 Å². The van der Waals surface area contributed by atoms with Gasteiger partial charge in [0.05, 0.1) is 12.5 Å². The van der Waals surface area contributed by atoms with E-state index in [1.54, 1.807) is 0 Å². The van der Waals surface area contributed by atoms with Crippen molar-refractivity contribution in [2.75, 3.05) is 0 Å². The molecule has 4 heteroatoms. The maximum absolute atomic E-state index is 10.7. The lowest BCUT2D eigenvalue weighted by Gasteiger charge is -2.13. The molecule has 1 aliphatic carbocycles. The first kappa shape index (κ1) is 7.06. The third-order valence-corrected chi connectivity index (χ3v) is 2.44. The monoisotopic (exact) mass is 158 g/mol. The van der Waals surface area contributed by atoms with Crippen LogP contribution in [0, 0.1) is 5.92 Å². The van der Waals surface area contributed by atoms with Crippen LogP contribution in [0.3, 0.4) is 0 Å². The van der Waals surface area contributed by atoms with Crippen LogP contribution >= 0.6 is 0 Å². The molecule has 0 aromatic heterocycles. The first-order chi connectivity index (χ1) is 5.18. The van der Waals surface area contributed by atoms with Gasteiger partial charge in [-0.15, -0.1) is 0 Å². The second kappa shape index (κ2) is 2.19. The molecule has 0 radical (unpaired) electrons. The quantitative estimate of drug-likeness (QED) is 0.446. The van der Waals surface area contributed by atoms with Crippen LogP contribution in [0.2, 0.25) is 0 Å². The van der Waals surface area contributed by atoms with Gasteiger partial charge in [-0.3, -0.25) is 4.79 Å². The molecule has 11 heavy (non-hydrogen) atoms. The number of carbonyl (C=O) groups is 1. The average Bonchev–Trinajstić information content (AvgIpc) is 2.37. The van der Waals surface area contributed by atoms with Crippen molar-refractivity contribution in [2.24, 2.45) is 5.92 Å². The third kappa shape index (κ3) is 0.937. The molecule has 0 aromatic carbocycles. The van der Waals surface area contributed by atoms with E-state index >= 15 is 0 Å². The molecule has 0 aromatic rings. The molecule has 2 fully saturated rings. The fraction of sp³-hybridized carbons (Fsp3) is 0.857. The summed E-state index contributed by atoms with van der Waals surface area (Å²) in [6, 6.07) is 0. The fourth-order valence-corrected chi connectivity index (χ4v) is 1.86. The van der Waals surface area contributed by atoms with Crippen LogP contribution in [0.4, 0.5) is 0 Å². The molecule has 1 saturated carbocycles. The lowest BCUT2D eigenvalue weighted by molar-refractivity contribution is -0.146. The lowest BCUT2D eigenvalue weighted by atomic mass is 10.1. The SMILES string of the molecule is O=C1C[C@@H]2C[C@@H](O)[C@H](O)[C@@H]2O1. The highest BCUT2D eigenvalue weighted by atomic mass is 16.6. The van der Waals surface area contributed by atoms with Gasteiger partial charge in [-0.05, 0) is 6.42 Å². The Kier molecular flexibility index (Phi) is 1.40. The fourth-order valence-electron chi connectivity index (χ4n) is 1.86. The number of rotatable bonds is 0. The van der Waals surface area contributed by atoms with Crippen molar-refractivity contribution in [3.63, 3.8) is 0 Å². The minimum absolute atomic E-state index is 0.0347. The summed E-state index contributed by atoms with van der Waals surface area (Å²) < 4.78 is 4.82. The maximum Gasteiger partial charge on any atom is 0.306 e. The molecule has 4 nitrogen and oxygen atoms in total. The van der Waals surface area contributed by atoms with E-state index in [1.807, 2.05) is 0 Å². The molecule has 2 N–H and O–H groups in total. The van der Waals surface area contributed by atoms with E-state index < -0.39 is 18.3 Å². The molecule has 2 rings (SSSR count). The summed E-state index contributed by atoms with van der Waals surface area (Å²) in [6.07, 6.45) is -1.20. The number of aliphatic hydroxyl groups excluding tert-OH is 2. The Morgan fingerprint density at radius 2 is 2.18 bits per heavy atom. The summed E-state index contributed by atoms with van der Waals surface area (Å²) in [6.45, 7) is 0. The number of ether oxygens (including phenoxy) is 1. The summed E-state index contributed by atoms with van der Waals surface area (Å²) in [5.74, 6) is -0.224. The van der Waals surface area contributed by atoms with E-state index in [4.69, 9.17) is 9.84 Å². The second-order valence-electron chi connectivity index (χ2n) is 3.21. The van der Waals surface area contributed by atoms with E-state index in [0.29, 0.717) is 12.8 Å². The number of hydrogen-bond donors (Lipinski definition) is 2. The molecular formula is C7H10O4. The van der Waals surface area contributed by atoms with Gasteiger partial charge in [0.25, 0.3) is 0 Å². The summed E-state index contributed by atoms with van der Waals surface area (Å²) in [7, 11) is 0. The summed E-state index contributed by atoms with van der Waals surface area (Å²) in [5, 5.41) is 18.4. The predicted molar refractivity (Wildman–Crippen MR) is 34.6 cm³/mol. The minimum atomic E-state index is -0.869. The van der Waals surface area contributed by atoms with Crippen molar-refractivity contribution in [3.8, 4) is 0 Å². The number of aliphatic hydroxyl groups is 2. The zero-order valence-corrected chi connectivity index (χ0v) is 5.93. The molecule has 0 spiro atoms. The van der Waals surface area contributed by atoms with Crippen molar-refractivity contribution in [2.45, 2.75) is 31.2 Å². The molecule has 0 bridgehead atoms. The second-order valence-corrected chi connectivity index (χ2v) is 3.21. The molecule has 1 saturated heterocycles. The Labute approximate surface area is 63.8 Å². The van der Waals surface area contributed by atoms with E-state index in [-0.39, 0.29) is 11.9 Å². The van der Waals surface area contributed by atoms with Crippen molar-refractivity contribution in [3.05, 3.63) is 0 Å². The zero-order valence-electron chi connectivity index (χ0n) is 5.93. The summed E-state index contributed by atoms with van der Waals surface area (Å²) >= 11 is 0. The highest BCUT2D eigenvalue weighted by molar-refractivity contribution is 5.72. The molecule has 1 heterocycles. The van der Waals surface area contributed by atoms with E-state index in [9.17, 15) is 9.90 Å². The Balaban J connectivity index is 2.13. The molecule has 62 valence electrons. The van der Waals surface area contributed by atoms with Gasteiger partial charge in [-0.25, -0.2) is 0 Å². The standard InChI is InChI=1S/C7H10O4/c8-4-1-3-2-5(9)11-7(3)6(4)10/h3-4,6-8,10H,1-2H2/t3-,4+,6-,7+/m0/s1. The van der Waals surface area contributed by atoms with Gasteiger partial charge in [-0.1, -0.05) is 0 Å². The van der Waals surface area contributed by atoms with Gasteiger partial charge in [0.1, 0.15) is 12.2 Å². The molecular weight excluding hydrogens is 148 g/mol. The largest absolute Gasteiger partial charge is 0.459 e. The highest BCUT2D eigenvalue weighted by Gasteiger charge is 2.49. The summed E-state index contributed by atoms with van der Waals surface area (Å²) in [5.41, 5.74) is 0. The Morgan fingerprint density at radius 3 is 2.82 bits per heavy atom. The maximum atomic E-state index is 10.7. The molecule has 1 aliphatic heterocycles. The first-order valence-electron chi connectivity index (χ1n) is 3.74. The van der Waals surface area contributed by atoms with E-state index in [0.717, 1.165) is 0 Å². The van der Waals surface area contributed by atoms with Crippen LogP contribution < -0.4 is 0 Å². The van der Waals surface area contributed by atoms with Gasteiger partial charge in [0, 0.05) is 5.92 Å². The van der Waals surface area contributed by atoms with Gasteiger partial charge < -0.3 is 14.9 Å². The average molecular weight is 158 g/mol. The van der Waals surface area contributed by atoms with Crippen molar-refractivity contribution >= 4 is 5.97 Å². The number of esters is 1. The van der Waals surface area contributed by atoms with Gasteiger partial charge >= 0.3 is 5.97 Å². The van der Waals surface area contributed by atoms with Crippen LogP contribution in [0.1, 0.15) is 12.8 Å². The van der Waals surface area contributed by atoms with Gasteiger partial charge in [-0.2, -0.15) is 0 Å². The van der Waals surface area contributed by atoms with Crippen molar-refractivity contribution in [1.82, 2.24) is 0 Å². The molecule has 4 atom stereocenters. The van der Waals surface area contributed by atoms with Gasteiger partial charge in [0.2, 0.25) is 0 Å². The molecule has 0 amide bonds. The number of hydrogen-bond acceptors (Lipinski definition) is 4.